The number of fused-ring (bicyclic) bond motifs is 1. The van der Waals surface area contributed by atoms with Gasteiger partial charge in [0.15, 0.2) is 0 Å². The molecule has 126 valence electrons. The van der Waals surface area contributed by atoms with Crippen molar-refractivity contribution in [2.75, 3.05) is 0 Å². The zero-order valence-electron chi connectivity index (χ0n) is 12.6. The van der Waals surface area contributed by atoms with Crippen molar-refractivity contribution in [2.24, 2.45) is 0 Å². The Labute approximate surface area is 149 Å². The number of hydrazine groups is 1. The molecule has 2 aromatic carbocycles. The minimum Gasteiger partial charge on any atom is -0.507 e. The number of carbonyl (C=O) groups is 2. The number of aromatic hydroxyl groups is 1. The molecule has 3 aromatic rings. The molecule has 7 nitrogen and oxygen atoms in total. The van der Waals surface area contributed by atoms with Gasteiger partial charge in [-0.15, -0.1) is 0 Å². The van der Waals surface area contributed by atoms with Crippen molar-refractivity contribution in [3.63, 3.8) is 0 Å². The fourth-order valence-corrected chi connectivity index (χ4v) is 2.55. The van der Waals surface area contributed by atoms with E-state index < -0.39 is 17.4 Å². The number of phenolic OH excluding ortho intramolecular Hbond substituents is 1. The van der Waals surface area contributed by atoms with Crippen molar-refractivity contribution in [3.8, 4) is 5.75 Å². The van der Waals surface area contributed by atoms with Gasteiger partial charge in [-0.05, 0) is 36.4 Å². The van der Waals surface area contributed by atoms with E-state index in [4.69, 9.17) is 4.42 Å². The first kappa shape index (κ1) is 16.7. The molecule has 0 unspecified atom stereocenters. The average molecular weight is 403 g/mol. The maximum Gasteiger partial charge on any atom is 0.349 e. The first-order chi connectivity index (χ1) is 12.0. The van der Waals surface area contributed by atoms with Crippen LogP contribution in [0.2, 0.25) is 0 Å². The molecule has 1 heterocycles. The second-order valence-electron chi connectivity index (χ2n) is 5.06. The Kier molecular flexibility index (Phi) is 4.53. The second kappa shape index (κ2) is 6.78. The summed E-state index contributed by atoms with van der Waals surface area (Å²) < 4.78 is 5.85. The van der Waals surface area contributed by atoms with Crippen LogP contribution in [0.25, 0.3) is 11.0 Å². The Bertz CT molecular complexity index is 1040. The Hall–Kier alpha value is -3.13. The first-order valence-corrected chi connectivity index (χ1v) is 7.87. The van der Waals surface area contributed by atoms with Crippen molar-refractivity contribution in [1.29, 1.82) is 0 Å². The Balaban J connectivity index is 1.80. The maximum atomic E-state index is 12.2. The van der Waals surface area contributed by atoms with Crippen LogP contribution in [0.5, 0.6) is 5.75 Å². The summed E-state index contributed by atoms with van der Waals surface area (Å²) in [5.74, 6) is -1.79. The molecule has 0 aliphatic carbocycles. The highest BCUT2D eigenvalue weighted by atomic mass is 79.9. The number of para-hydroxylation sites is 1. The molecular weight excluding hydrogens is 392 g/mol. The normalized spacial score (nSPS) is 10.4. The lowest BCUT2D eigenvalue weighted by Gasteiger charge is -2.08. The largest absolute Gasteiger partial charge is 0.507 e. The lowest BCUT2D eigenvalue weighted by atomic mass is 10.2. The van der Waals surface area contributed by atoms with E-state index in [-0.39, 0.29) is 16.9 Å². The maximum absolute atomic E-state index is 12.2. The van der Waals surface area contributed by atoms with Crippen LogP contribution in [-0.2, 0) is 0 Å². The van der Waals surface area contributed by atoms with Crippen molar-refractivity contribution in [2.45, 2.75) is 0 Å². The van der Waals surface area contributed by atoms with Gasteiger partial charge in [0, 0.05) is 9.86 Å². The van der Waals surface area contributed by atoms with E-state index in [0.717, 1.165) is 4.47 Å². The number of carbonyl (C=O) groups excluding carboxylic acids is 2. The Morgan fingerprint density at radius 2 is 1.64 bits per heavy atom. The zero-order valence-corrected chi connectivity index (χ0v) is 14.2. The molecule has 3 rings (SSSR count). The van der Waals surface area contributed by atoms with Crippen LogP contribution in [0.1, 0.15) is 20.7 Å². The summed E-state index contributed by atoms with van der Waals surface area (Å²) in [4.78, 5) is 36.0. The number of hydrogen-bond acceptors (Lipinski definition) is 5. The van der Waals surface area contributed by atoms with Crippen molar-refractivity contribution in [1.82, 2.24) is 10.9 Å². The monoisotopic (exact) mass is 402 g/mol. The van der Waals surface area contributed by atoms with Gasteiger partial charge in [-0.3, -0.25) is 20.4 Å². The molecule has 0 saturated heterocycles. The van der Waals surface area contributed by atoms with Gasteiger partial charge in [0.1, 0.15) is 16.9 Å². The lowest BCUT2D eigenvalue weighted by molar-refractivity contribution is 0.0843. The smallest absolute Gasteiger partial charge is 0.349 e. The quantitative estimate of drug-likeness (QED) is 0.450. The van der Waals surface area contributed by atoms with Crippen molar-refractivity contribution < 1.29 is 19.1 Å². The third-order valence-corrected chi connectivity index (χ3v) is 3.87. The fraction of sp³-hybridized carbons (Fsp3) is 0. The fourth-order valence-electron chi connectivity index (χ4n) is 2.17. The van der Waals surface area contributed by atoms with Gasteiger partial charge in [-0.25, -0.2) is 4.79 Å². The highest BCUT2D eigenvalue weighted by Crippen LogP contribution is 2.19. The number of halogens is 1. The molecule has 8 heteroatoms. The van der Waals surface area contributed by atoms with Crippen LogP contribution in [0.15, 0.2) is 62.2 Å². The van der Waals surface area contributed by atoms with Gasteiger partial charge < -0.3 is 9.52 Å². The molecule has 0 saturated carbocycles. The highest BCUT2D eigenvalue weighted by molar-refractivity contribution is 9.10. The lowest BCUT2D eigenvalue weighted by Crippen LogP contribution is -2.43. The van der Waals surface area contributed by atoms with E-state index >= 15 is 0 Å². The predicted octanol–water partition coefficient (Wildman–Crippen LogP) is 2.34. The number of hydrogen-bond donors (Lipinski definition) is 3. The van der Waals surface area contributed by atoms with Gasteiger partial charge in [-0.1, -0.05) is 28.1 Å². The number of amides is 2. The van der Waals surface area contributed by atoms with Crippen LogP contribution >= 0.6 is 15.9 Å². The molecule has 0 radical (unpaired) electrons. The van der Waals surface area contributed by atoms with E-state index in [1.54, 1.807) is 30.3 Å². The molecule has 0 fully saturated rings. The second-order valence-corrected chi connectivity index (χ2v) is 5.97. The van der Waals surface area contributed by atoms with Gasteiger partial charge in [0.25, 0.3) is 11.8 Å². The molecule has 1 aromatic heterocycles. The van der Waals surface area contributed by atoms with Crippen LogP contribution < -0.4 is 16.5 Å². The zero-order chi connectivity index (χ0) is 18.0. The van der Waals surface area contributed by atoms with Crippen molar-refractivity contribution >= 4 is 38.7 Å². The molecule has 0 aliphatic rings. The third-order valence-electron chi connectivity index (χ3n) is 3.38. The van der Waals surface area contributed by atoms with E-state index in [1.807, 2.05) is 0 Å². The van der Waals surface area contributed by atoms with Crippen LogP contribution in [0.3, 0.4) is 0 Å². The van der Waals surface area contributed by atoms with Gasteiger partial charge >= 0.3 is 5.63 Å². The van der Waals surface area contributed by atoms with Crippen LogP contribution in [-0.4, -0.2) is 16.9 Å². The minimum absolute atomic E-state index is 0.0164. The molecular formula is C17H11BrN2O5. The van der Waals surface area contributed by atoms with E-state index in [1.165, 1.54) is 18.2 Å². The number of nitrogens with one attached hydrogen (secondary N) is 2. The summed E-state index contributed by atoms with van der Waals surface area (Å²) in [6.45, 7) is 0. The highest BCUT2D eigenvalue weighted by Gasteiger charge is 2.16. The number of rotatable bonds is 2. The van der Waals surface area contributed by atoms with Crippen LogP contribution in [0, 0.1) is 0 Å². The van der Waals surface area contributed by atoms with Gasteiger partial charge in [0.05, 0.1) is 5.56 Å². The molecule has 0 bridgehead atoms. The van der Waals surface area contributed by atoms with Gasteiger partial charge in [-0.2, -0.15) is 0 Å². The minimum atomic E-state index is -0.834. The molecule has 3 N–H and O–H groups in total. The summed E-state index contributed by atoms with van der Waals surface area (Å²) in [5, 5.41) is 10.2. The Morgan fingerprint density at radius 1 is 0.960 bits per heavy atom. The van der Waals surface area contributed by atoms with E-state index in [2.05, 4.69) is 26.8 Å². The standard InChI is InChI=1S/C17H11BrN2O5/c18-10-5-6-14-9(7-10)8-12(17(24)25-14)16(23)20-19-15(22)11-3-1-2-4-13(11)21/h1-8,21H,(H,19,22)(H,20,23). The van der Waals surface area contributed by atoms with E-state index in [0.29, 0.717) is 11.0 Å². The predicted molar refractivity (Wildman–Crippen MR) is 93.2 cm³/mol. The molecule has 0 spiro atoms. The SMILES string of the molecule is O=C(NNC(=O)c1cc2cc(Br)ccc2oc1=O)c1ccccc1O. The number of phenols is 1. The van der Waals surface area contributed by atoms with E-state index in [9.17, 15) is 19.5 Å². The first-order valence-electron chi connectivity index (χ1n) is 7.08. The average Bonchev–Trinajstić information content (AvgIpc) is 2.59. The summed E-state index contributed by atoms with van der Waals surface area (Å²) in [6, 6.07) is 12.2. The third kappa shape index (κ3) is 3.53. The summed E-state index contributed by atoms with van der Waals surface area (Å²) in [5.41, 5.74) is 3.49. The number of benzene rings is 2. The molecule has 0 aliphatic heterocycles. The molecule has 2 amide bonds. The summed E-state index contributed by atoms with van der Waals surface area (Å²) >= 11 is 3.29. The molecule has 25 heavy (non-hydrogen) atoms. The van der Waals surface area contributed by atoms with Crippen LogP contribution in [0.4, 0.5) is 0 Å². The van der Waals surface area contributed by atoms with Crippen molar-refractivity contribution in [3.05, 3.63) is 74.6 Å². The summed E-state index contributed by atoms with van der Waals surface area (Å²) in [6.07, 6.45) is 0. The Morgan fingerprint density at radius 3 is 2.36 bits per heavy atom. The molecule has 0 atom stereocenters. The topological polar surface area (TPSA) is 109 Å². The van der Waals surface area contributed by atoms with Gasteiger partial charge in [0.2, 0.25) is 0 Å². The summed E-state index contributed by atoms with van der Waals surface area (Å²) in [7, 11) is 0.